The third-order valence-corrected chi connectivity index (χ3v) is 1.76. The lowest BCUT2D eigenvalue weighted by Gasteiger charge is -2.04. The summed E-state index contributed by atoms with van der Waals surface area (Å²) in [5, 5.41) is 3.25. The smallest absolute Gasteiger partial charge is 0.107 e. The van der Waals surface area contributed by atoms with E-state index in [1.165, 1.54) is 0 Å². The van der Waals surface area contributed by atoms with Gasteiger partial charge in [-0.3, -0.25) is 4.99 Å². The fourth-order valence-corrected chi connectivity index (χ4v) is 1.25. The summed E-state index contributed by atoms with van der Waals surface area (Å²) < 4.78 is 0. The largest absolute Gasteiger partial charge is 0.371 e. The first-order valence-corrected chi connectivity index (χ1v) is 3.60. The van der Waals surface area contributed by atoms with Gasteiger partial charge >= 0.3 is 0 Å². The molecule has 52 valence electrons. The van der Waals surface area contributed by atoms with E-state index in [4.69, 9.17) is 0 Å². The zero-order valence-corrected chi connectivity index (χ0v) is 5.75. The number of hydrogen-bond donors (Lipinski definition) is 1. The van der Waals surface area contributed by atoms with Crippen molar-refractivity contribution in [1.29, 1.82) is 0 Å². The number of allylic oxidation sites excluding steroid dienone is 2. The number of nitrogens with one attached hydrogen (secondary N) is 1. The summed E-state index contributed by atoms with van der Waals surface area (Å²) in [6.07, 6.45) is 8.43. The Morgan fingerprint density at radius 1 is 1.40 bits per heavy atom. The normalized spacial score (nSPS) is 23.4. The standard InChI is InChI=1S/C8H10N2/c1-2-4-7(3-1)8-9-5-6-10-8/h1-4,7H,5-6H2,(H,9,10). The van der Waals surface area contributed by atoms with Crippen LogP contribution in [0.4, 0.5) is 0 Å². The van der Waals surface area contributed by atoms with Gasteiger partial charge in [-0.2, -0.15) is 0 Å². The Morgan fingerprint density at radius 3 is 2.80 bits per heavy atom. The predicted octanol–water partition coefficient (Wildman–Crippen LogP) is 0.730. The van der Waals surface area contributed by atoms with E-state index in [0.29, 0.717) is 5.92 Å². The Hall–Kier alpha value is -1.05. The molecule has 0 unspecified atom stereocenters. The van der Waals surface area contributed by atoms with Gasteiger partial charge in [0.1, 0.15) is 5.84 Å². The van der Waals surface area contributed by atoms with Crippen LogP contribution in [0.1, 0.15) is 0 Å². The van der Waals surface area contributed by atoms with Crippen LogP contribution in [0.3, 0.4) is 0 Å². The van der Waals surface area contributed by atoms with Gasteiger partial charge in [0.25, 0.3) is 0 Å². The molecule has 1 aliphatic heterocycles. The lowest BCUT2D eigenvalue weighted by Crippen LogP contribution is -2.23. The average Bonchev–Trinajstić information content (AvgIpc) is 2.59. The van der Waals surface area contributed by atoms with Crippen LogP contribution in [0.2, 0.25) is 0 Å². The van der Waals surface area contributed by atoms with Gasteiger partial charge in [0.2, 0.25) is 0 Å². The highest BCUT2D eigenvalue weighted by atomic mass is 15.1. The maximum absolute atomic E-state index is 4.32. The molecule has 2 aliphatic rings. The minimum absolute atomic E-state index is 0.433. The van der Waals surface area contributed by atoms with Gasteiger partial charge in [0.05, 0.1) is 12.5 Å². The molecular weight excluding hydrogens is 124 g/mol. The van der Waals surface area contributed by atoms with Crippen LogP contribution in [-0.4, -0.2) is 18.9 Å². The van der Waals surface area contributed by atoms with Gasteiger partial charge in [-0.1, -0.05) is 24.3 Å². The van der Waals surface area contributed by atoms with E-state index in [9.17, 15) is 0 Å². The van der Waals surface area contributed by atoms with Gasteiger partial charge in [0, 0.05) is 6.54 Å². The lowest BCUT2D eigenvalue weighted by molar-refractivity contribution is 0.940. The van der Waals surface area contributed by atoms with E-state index >= 15 is 0 Å². The minimum atomic E-state index is 0.433. The molecule has 1 aliphatic carbocycles. The van der Waals surface area contributed by atoms with Gasteiger partial charge in [-0.25, -0.2) is 0 Å². The SMILES string of the molecule is C1=CC(C2=NCCN2)C=C1. The highest BCUT2D eigenvalue weighted by Crippen LogP contribution is 2.11. The Labute approximate surface area is 60.3 Å². The quantitative estimate of drug-likeness (QED) is 0.561. The minimum Gasteiger partial charge on any atom is -0.371 e. The molecule has 0 bridgehead atoms. The van der Waals surface area contributed by atoms with Crippen molar-refractivity contribution in [2.45, 2.75) is 0 Å². The first kappa shape index (κ1) is 5.71. The molecule has 1 heterocycles. The highest BCUT2D eigenvalue weighted by molar-refractivity contribution is 5.89. The van der Waals surface area contributed by atoms with Gasteiger partial charge < -0.3 is 5.32 Å². The summed E-state index contributed by atoms with van der Waals surface area (Å²) in [6, 6.07) is 0. The van der Waals surface area contributed by atoms with Crippen molar-refractivity contribution in [2.24, 2.45) is 10.9 Å². The molecule has 0 amide bonds. The molecule has 2 nitrogen and oxygen atoms in total. The molecular formula is C8H10N2. The van der Waals surface area contributed by atoms with Crippen molar-refractivity contribution < 1.29 is 0 Å². The Balaban J connectivity index is 2.11. The lowest BCUT2D eigenvalue weighted by atomic mass is 10.1. The van der Waals surface area contributed by atoms with E-state index in [2.05, 4.69) is 34.6 Å². The zero-order valence-electron chi connectivity index (χ0n) is 5.75. The summed E-state index contributed by atoms with van der Waals surface area (Å²) in [4.78, 5) is 4.32. The highest BCUT2D eigenvalue weighted by Gasteiger charge is 2.13. The average molecular weight is 134 g/mol. The molecule has 1 N–H and O–H groups in total. The molecule has 0 fully saturated rings. The van der Waals surface area contributed by atoms with Crippen molar-refractivity contribution in [2.75, 3.05) is 13.1 Å². The number of nitrogens with zero attached hydrogens (tertiary/aromatic N) is 1. The molecule has 0 aromatic heterocycles. The van der Waals surface area contributed by atoms with Crippen LogP contribution in [-0.2, 0) is 0 Å². The number of amidine groups is 1. The summed E-state index contributed by atoms with van der Waals surface area (Å²) in [5.74, 6) is 1.56. The number of hydrogen-bond acceptors (Lipinski definition) is 2. The Morgan fingerprint density at radius 2 is 2.20 bits per heavy atom. The molecule has 2 heteroatoms. The van der Waals surface area contributed by atoms with E-state index in [1.54, 1.807) is 0 Å². The second kappa shape index (κ2) is 2.29. The van der Waals surface area contributed by atoms with Crippen molar-refractivity contribution in [1.82, 2.24) is 5.32 Å². The second-order valence-electron chi connectivity index (χ2n) is 2.49. The van der Waals surface area contributed by atoms with Crippen LogP contribution in [0.5, 0.6) is 0 Å². The van der Waals surface area contributed by atoms with Crippen LogP contribution in [0.15, 0.2) is 29.3 Å². The summed E-state index contributed by atoms with van der Waals surface area (Å²) in [7, 11) is 0. The molecule has 0 aromatic rings. The van der Waals surface area contributed by atoms with Crippen molar-refractivity contribution in [3.8, 4) is 0 Å². The summed E-state index contributed by atoms with van der Waals surface area (Å²) in [5.41, 5.74) is 0. The maximum atomic E-state index is 4.32. The predicted molar refractivity (Wildman–Crippen MR) is 42.1 cm³/mol. The van der Waals surface area contributed by atoms with Crippen molar-refractivity contribution in [3.63, 3.8) is 0 Å². The fourth-order valence-electron chi connectivity index (χ4n) is 1.25. The zero-order chi connectivity index (χ0) is 6.81. The van der Waals surface area contributed by atoms with Crippen LogP contribution >= 0.6 is 0 Å². The summed E-state index contributed by atoms with van der Waals surface area (Å²) in [6.45, 7) is 1.95. The molecule has 0 radical (unpaired) electrons. The molecule has 0 saturated heterocycles. The van der Waals surface area contributed by atoms with Gasteiger partial charge in [-0.15, -0.1) is 0 Å². The van der Waals surface area contributed by atoms with Gasteiger partial charge in [-0.05, 0) is 0 Å². The fraction of sp³-hybridized carbons (Fsp3) is 0.375. The molecule has 10 heavy (non-hydrogen) atoms. The third-order valence-electron chi connectivity index (χ3n) is 1.76. The Kier molecular flexibility index (Phi) is 1.31. The van der Waals surface area contributed by atoms with E-state index < -0.39 is 0 Å². The van der Waals surface area contributed by atoms with Crippen LogP contribution in [0, 0.1) is 5.92 Å². The van der Waals surface area contributed by atoms with E-state index in [1.807, 2.05) is 0 Å². The third kappa shape index (κ3) is 0.856. The number of rotatable bonds is 1. The first-order chi connectivity index (χ1) is 4.97. The molecule has 0 atom stereocenters. The van der Waals surface area contributed by atoms with E-state index in [-0.39, 0.29) is 0 Å². The van der Waals surface area contributed by atoms with Crippen molar-refractivity contribution in [3.05, 3.63) is 24.3 Å². The monoisotopic (exact) mass is 134 g/mol. The molecule has 0 aromatic carbocycles. The maximum Gasteiger partial charge on any atom is 0.107 e. The van der Waals surface area contributed by atoms with Crippen LogP contribution in [0.25, 0.3) is 0 Å². The first-order valence-electron chi connectivity index (χ1n) is 3.60. The second-order valence-corrected chi connectivity index (χ2v) is 2.49. The Bertz CT molecular complexity index is 201. The summed E-state index contributed by atoms with van der Waals surface area (Å²) >= 11 is 0. The molecule has 2 rings (SSSR count). The molecule has 0 saturated carbocycles. The van der Waals surface area contributed by atoms with Crippen LogP contribution < -0.4 is 5.32 Å². The van der Waals surface area contributed by atoms with Crippen molar-refractivity contribution >= 4 is 5.84 Å². The topological polar surface area (TPSA) is 24.4 Å². The molecule has 0 spiro atoms. The van der Waals surface area contributed by atoms with E-state index in [0.717, 1.165) is 18.9 Å². The number of aliphatic imine (C=N–C) groups is 1. The van der Waals surface area contributed by atoms with Gasteiger partial charge in [0.15, 0.2) is 0 Å².